The molecule has 3 rings (SSSR count). The molecule has 2 heterocycles. The van der Waals surface area contributed by atoms with Gasteiger partial charge >= 0.3 is 0 Å². The molecule has 2 aliphatic rings. The fourth-order valence-corrected chi connectivity index (χ4v) is 3.26. The lowest BCUT2D eigenvalue weighted by Crippen LogP contribution is -2.61. The Labute approximate surface area is 137 Å². The van der Waals surface area contributed by atoms with Gasteiger partial charge in [0.05, 0.1) is 27.9 Å². The van der Waals surface area contributed by atoms with E-state index in [0.29, 0.717) is 25.1 Å². The number of halogens is 2. The van der Waals surface area contributed by atoms with Gasteiger partial charge in [-0.25, -0.2) is 0 Å². The number of nitrogens with two attached hydrogens (primary N) is 1. The van der Waals surface area contributed by atoms with Crippen LogP contribution in [0.5, 0.6) is 0 Å². The molecule has 0 aromatic heterocycles. The van der Waals surface area contributed by atoms with Crippen molar-refractivity contribution in [2.45, 2.75) is 18.6 Å². The summed E-state index contributed by atoms with van der Waals surface area (Å²) in [6.07, 6.45) is 0.632. The largest absolute Gasteiger partial charge is 0.396 e. The zero-order valence-electron chi connectivity index (χ0n) is 11.6. The molecule has 2 aliphatic heterocycles. The van der Waals surface area contributed by atoms with Crippen molar-refractivity contribution >= 4 is 40.7 Å². The van der Waals surface area contributed by atoms with Gasteiger partial charge in [-0.1, -0.05) is 23.2 Å². The van der Waals surface area contributed by atoms with Gasteiger partial charge in [0.1, 0.15) is 6.61 Å². The highest BCUT2D eigenvalue weighted by molar-refractivity contribution is 6.39. The second-order valence-electron chi connectivity index (χ2n) is 5.42. The third-order valence-electron chi connectivity index (χ3n) is 3.94. The number of nitrogens with one attached hydrogen (secondary N) is 1. The van der Waals surface area contributed by atoms with E-state index in [0.717, 1.165) is 0 Å². The van der Waals surface area contributed by atoms with Gasteiger partial charge in [0, 0.05) is 18.7 Å². The number of hydrogen-bond donors (Lipinski definition) is 2. The predicted octanol–water partition coefficient (Wildman–Crippen LogP) is 1.31. The van der Waals surface area contributed by atoms with Crippen molar-refractivity contribution in [3.05, 3.63) is 27.7 Å². The minimum Gasteiger partial charge on any atom is -0.396 e. The van der Waals surface area contributed by atoms with Gasteiger partial charge in [-0.2, -0.15) is 0 Å². The minimum absolute atomic E-state index is 0.0413. The number of piperidine rings is 1. The first kappa shape index (κ1) is 15.4. The van der Waals surface area contributed by atoms with Crippen LogP contribution in [0.1, 0.15) is 16.8 Å². The number of amides is 2. The van der Waals surface area contributed by atoms with Gasteiger partial charge < -0.3 is 20.7 Å². The van der Waals surface area contributed by atoms with Crippen molar-refractivity contribution in [3.63, 3.8) is 0 Å². The van der Waals surface area contributed by atoms with Crippen LogP contribution >= 0.6 is 23.2 Å². The monoisotopic (exact) mass is 343 g/mol. The molecular weight excluding hydrogens is 329 g/mol. The number of anilines is 1. The molecule has 2 saturated heterocycles. The van der Waals surface area contributed by atoms with Gasteiger partial charge in [-0.3, -0.25) is 9.59 Å². The second kappa shape index (κ2) is 5.95. The Hall–Kier alpha value is -1.50. The maximum absolute atomic E-state index is 12.6. The molecule has 0 spiro atoms. The summed E-state index contributed by atoms with van der Waals surface area (Å²) < 4.78 is 5.47. The Bertz CT molecular complexity index is 615. The third kappa shape index (κ3) is 2.86. The number of fused-ring (bicyclic) bond motifs is 1. The van der Waals surface area contributed by atoms with Gasteiger partial charge in [-0.05, 0) is 18.6 Å². The summed E-state index contributed by atoms with van der Waals surface area (Å²) in [5.74, 6) is -0.351. The predicted molar refractivity (Wildman–Crippen MR) is 83.1 cm³/mol. The van der Waals surface area contributed by atoms with Crippen LogP contribution in [0, 0.1) is 0 Å². The van der Waals surface area contributed by atoms with Crippen LogP contribution in [0.3, 0.4) is 0 Å². The van der Waals surface area contributed by atoms with E-state index in [1.165, 1.54) is 12.1 Å². The van der Waals surface area contributed by atoms with E-state index in [2.05, 4.69) is 5.32 Å². The Morgan fingerprint density at radius 1 is 1.36 bits per heavy atom. The number of ether oxygens (including phenoxy) is 1. The molecule has 0 unspecified atom stereocenters. The Morgan fingerprint density at radius 2 is 2.05 bits per heavy atom. The topological polar surface area (TPSA) is 84.7 Å². The van der Waals surface area contributed by atoms with Gasteiger partial charge in [0.2, 0.25) is 5.91 Å². The fourth-order valence-electron chi connectivity index (χ4n) is 2.77. The second-order valence-corrected chi connectivity index (χ2v) is 6.23. The summed E-state index contributed by atoms with van der Waals surface area (Å²) >= 11 is 11.9. The molecule has 0 radical (unpaired) electrons. The van der Waals surface area contributed by atoms with Crippen molar-refractivity contribution in [1.29, 1.82) is 0 Å². The fraction of sp³-hybridized carbons (Fsp3) is 0.429. The molecule has 22 heavy (non-hydrogen) atoms. The standard InChI is InChI=1S/C14H15Cl2N3O3/c15-8-3-7(4-9(16)13(8)17)14(21)19-2-1-11-10(5-19)18-12(20)6-22-11/h3-4,10-11H,1-2,5-6,17H2,(H,18,20)/t10-,11-/m1/s1. The zero-order valence-corrected chi connectivity index (χ0v) is 13.2. The van der Waals surface area contributed by atoms with Gasteiger partial charge in [0.15, 0.2) is 0 Å². The molecule has 2 atom stereocenters. The number of nitrogens with zero attached hydrogens (tertiary/aromatic N) is 1. The SMILES string of the molecule is Nc1c(Cl)cc(C(=O)N2CC[C@H]3OCC(=O)N[C@@H]3C2)cc1Cl. The molecule has 0 bridgehead atoms. The van der Waals surface area contributed by atoms with E-state index in [1.807, 2.05) is 0 Å². The van der Waals surface area contributed by atoms with Crippen LogP contribution in [-0.2, 0) is 9.53 Å². The lowest BCUT2D eigenvalue weighted by Gasteiger charge is -2.41. The lowest BCUT2D eigenvalue weighted by molar-refractivity contribution is -0.139. The van der Waals surface area contributed by atoms with E-state index >= 15 is 0 Å². The molecule has 0 saturated carbocycles. The maximum Gasteiger partial charge on any atom is 0.254 e. The van der Waals surface area contributed by atoms with Crippen LogP contribution < -0.4 is 11.1 Å². The Kier molecular flexibility index (Phi) is 4.16. The molecular formula is C14H15Cl2N3O3. The molecule has 0 aliphatic carbocycles. The number of benzene rings is 1. The number of nitrogen functional groups attached to an aromatic ring is 1. The lowest BCUT2D eigenvalue weighted by atomic mass is 9.99. The normalized spacial score (nSPS) is 24.6. The number of morpholine rings is 1. The quantitative estimate of drug-likeness (QED) is 0.753. The highest BCUT2D eigenvalue weighted by Crippen LogP contribution is 2.30. The van der Waals surface area contributed by atoms with Gasteiger partial charge in [0.25, 0.3) is 5.91 Å². The number of carbonyl (C=O) groups is 2. The summed E-state index contributed by atoms with van der Waals surface area (Å²) in [5.41, 5.74) is 6.32. The number of carbonyl (C=O) groups excluding carboxylic acids is 2. The summed E-state index contributed by atoms with van der Waals surface area (Å²) in [4.78, 5) is 25.6. The summed E-state index contributed by atoms with van der Waals surface area (Å²) in [6.45, 7) is 1.03. The summed E-state index contributed by atoms with van der Waals surface area (Å²) in [6, 6.07) is 2.83. The van der Waals surface area contributed by atoms with Crippen molar-refractivity contribution in [2.24, 2.45) is 0 Å². The molecule has 3 N–H and O–H groups in total. The zero-order chi connectivity index (χ0) is 15.9. The van der Waals surface area contributed by atoms with E-state index in [4.69, 9.17) is 33.7 Å². The average Bonchev–Trinajstić information content (AvgIpc) is 2.50. The first-order valence-electron chi connectivity index (χ1n) is 6.90. The van der Waals surface area contributed by atoms with E-state index in [9.17, 15) is 9.59 Å². The van der Waals surface area contributed by atoms with Crippen molar-refractivity contribution in [1.82, 2.24) is 10.2 Å². The molecule has 1 aromatic rings. The average molecular weight is 344 g/mol. The first-order valence-corrected chi connectivity index (χ1v) is 7.66. The maximum atomic E-state index is 12.6. The van der Waals surface area contributed by atoms with Crippen LogP contribution in [0.25, 0.3) is 0 Å². The van der Waals surface area contributed by atoms with Crippen LogP contribution in [0.2, 0.25) is 10.0 Å². The summed E-state index contributed by atoms with van der Waals surface area (Å²) in [5, 5.41) is 3.36. The molecule has 2 amide bonds. The third-order valence-corrected chi connectivity index (χ3v) is 4.56. The Morgan fingerprint density at radius 3 is 2.73 bits per heavy atom. The molecule has 118 valence electrons. The molecule has 6 nitrogen and oxygen atoms in total. The van der Waals surface area contributed by atoms with Crippen molar-refractivity contribution < 1.29 is 14.3 Å². The molecule has 8 heteroatoms. The van der Waals surface area contributed by atoms with Crippen molar-refractivity contribution in [3.8, 4) is 0 Å². The van der Waals surface area contributed by atoms with Crippen LogP contribution in [0.4, 0.5) is 5.69 Å². The summed E-state index contributed by atoms with van der Waals surface area (Å²) in [7, 11) is 0. The van der Waals surface area contributed by atoms with Crippen molar-refractivity contribution in [2.75, 3.05) is 25.4 Å². The Balaban J connectivity index is 1.77. The number of rotatable bonds is 1. The minimum atomic E-state index is -0.193. The highest BCUT2D eigenvalue weighted by Gasteiger charge is 2.36. The number of hydrogen-bond acceptors (Lipinski definition) is 4. The van der Waals surface area contributed by atoms with Crippen LogP contribution in [-0.4, -0.2) is 48.6 Å². The first-order chi connectivity index (χ1) is 10.5. The van der Waals surface area contributed by atoms with Gasteiger partial charge in [-0.15, -0.1) is 0 Å². The van der Waals surface area contributed by atoms with Crippen LogP contribution in [0.15, 0.2) is 12.1 Å². The van der Waals surface area contributed by atoms with E-state index in [1.54, 1.807) is 4.90 Å². The smallest absolute Gasteiger partial charge is 0.254 e. The van der Waals surface area contributed by atoms with E-state index < -0.39 is 0 Å². The molecule has 1 aromatic carbocycles. The molecule has 2 fully saturated rings. The van der Waals surface area contributed by atoms with E-state index in [-0.39, 0.29) is 46.3 Å². The number of likely N-dealkylation sites (tertiary alicyclic amines) is 1. The highest BCUT2D eigenvalue weighted by atomic mass is 35.5.